The predicted molar refractivity (Wildman–Crippen MR) is 83.2 cm³/mol. The lowest BCUT2D eigenvalue weighted by atomic mass is 10.1. The van der Waals surface area contributed by atoms with E-state index in [1.165, 1.54) is 11.1 Å². The maximum Gasteiger partial charge on any atom is 0.152 e. The molecule has 3 heteroatoms. The molecule has 0 spiro atoms. The van der Waals surface area contributed by atoms with E-state index in [1.54, 1.807) is 0 Å². The van der Waals surface area contributed by atoms with Gasteiger partial charge in [-0.1, -0.05) is 41.5 Å². The minimum absolute atomic E-state index is 0.824. The van der Waals surface area contributed by atoms with Gasteiger partial charge in [0.2, 0.25) is 0 Å². The van der Waals surface area contributed by atoms with Crippen LogP contribution >= 0.6 is 0 Å². The van der Waals surface area contributed by atoms with Crippen molar-refractivity contribution in [1.29, 1.82) is 0 Å². The van der Waals surface area contributed by atoms with E-state index in [4.69, 9.17) is 0 Å². The highest BCUT2D eigenvalue weighted by Gasteiger charge is 2.04. The van der Waals surface area contributed by atoms with Crippen molar-refractivity contribution in [3.63, 3.8) is 0 Å². The molecule has 0 amide bonds. The summed E-state index contributed by atoms with van der Waals surface area (Å²) in [5.74, 6) is 0.824. The van der Waals surface area contributed by atoms with Crippen LogP contribution in [0.1, 0.15) is 11.1 Å². The third kappa shape index (κ3) is 2.72. The van der Waals surface area contributed by atoms with Crippen LogP contribution in [0.4, 0.5) is 11.5 Å². The first kappa shape index (κ1) is 12.5. The number of nitrogens with one attached hydrogen (secondary N) is 2. The molecule has 1 aromatic heterocycles. The van der Waals surface area contributed by atoms with Gasteiger partial charge in [-0.25, -0.2) is 0 Å². The zero-order chi connectivity index (χ0) is 13.9. The Labute approximate surface area is 118 Å². The SMILES string of the molecule is Cc1ccc(Nc2cc(-c3cccc(C)c3)[nH]n2)cc1. The Morgan fingerprint density at radius 1 is 0.900 bits per heavy atom. The Morgan fingerprint density at radius 3 is 2.45 bits per heavy atom. The molecule has 0 radical (unpaired) electrons. The molecule has 0 atom stereocenters. The van der Waals surface area contributed by atoms with Gasteiger partial charge in [0, 0.05) is 11.8 Å². The van der Waals surface area contributed by atoms with E-state index in [2.05, 4.69) is 77.9 Å². The molecule has 0 saturated heterocycles. The summed E-state index contributed by atoms with van der Waals surface area (Å²) in [6, 6.07) is 18.7. The van der Waals surface area contributed by atoms with Gasteiger partial charge < -0.3 is 5.32 Å². The summed E-state index contributed by atoms with van der Waals surface area (Å²) in [5.41, 5.74) is 5.69. The molecule has 2 N–H and O–H groups in total. The third-order valence-electron chi connectivity index (χ3n) is 3.23. The zero-order valence-electron chi connectivity index (χ0n) is 11.6. The molecule has 3 nitrogen and oxygen atoms in total. The normalized spacial score (nSPS) is 10.5. The van der Waals surface area contributed by atoms with Crippen LogP contribution in [-0.2, 0) is 0 Å². The van der Waals surface area contributed by atoms with Gasteiger partial charge in [0.05, 0.1) is 5.69 Å². The number of anilines is 2. The lowest BCUT2D eigenvalue weighted by Crippen LogP contribution is -1.89. The van der Waals surface area contributed by atoms with E-state index < -0.39 is 0 Å². The first-order valence-electron chi connectivity index (χ1n) is 6.67. The van der Waals surface area contributed by atoms with Gasteiger partial charge in [-0.2, -0.15) is 5.10 Å². The lowest BCUT2D eigenvalue weighted by molar-refractivity contribution is 1.10. The molecular formula is C17H17N3. The van der Waals surface area contributed by atoms with Crippen molar-refractivity contribution < 1.29 is 0 Å². The summed E-state index contributed by atoms with van der Waals surface area (Å²) in [4.78, 5) is 0. The number of aromatic nitrogens is 2. The Kier molecular flexibility index (Phi) is 3.25. The summed E-state index contributed by atoms with van der Waals surface area (Å²) < 4.78 is 0. The monoisotopic (exact) mass is 263 g/mol. The average Bonchev–Trinajstić information content (AvgIpc) is 2.90. The van der Waals surface area contributed by atoms with Gasteiger partial charge in [0.1, 0.15) is 0 Å². The number of H-pyrrole nitrogens is 1. The molecule has 0 fully saturated rings. The molecule has 100 valence electrons. The molecule has 0 aliphatic heterocycles. The zero-order valence-corrected chi connectivity index (χ0v) is 11.6. The first-order valence-corrected chi connectivity index (χ1v) is 6.67. The van der Waals surface area contributed by atoms with E-state index in [9.17, 15) is 0 Å². The van der Waals surface area contributed by atoms with Crippen LogP contribution in [0.3, 0.4) is 0 Å². The Balaban J connectivity index is 1.82. The van der Waals surface area contributed by atoms with Crippen LogP contribution in [0.5, 0.6) is 0 Å². The number of aryl methyl sites for hydroxylation is 2. The first-order chi connectivity index (χ1) is 9.70. The second-order valence-corrected chi connectivity index (χ2v) is 5.03. The van der Waals surface area contributed by atoms with Crippen molar-refractivity contribution >= 4 is 11.5 Å². The summed E-state index contributed by atoms with van der Waals surface area (Å²) in [6.45, 7) is 4.17. The fraction of sp³-hybridized carbons (Fsp3) is 0.118. The number of benzene rings is 2. The Morgan fingerprint density at radius 2 is 1.70 bits per heavy atom. The van der Waals surface area contributed by atoms with E-state index >= 15 is 0 Å². The van der Waals surface area contributed by atoms with Gasteiger partial charge in [-0.05, 0) is 37.6 Å². The highest BCUT2D eigenvalue weighted by atomic mass is 15.2. The number of hydrogen-bond donors (Lipinski definition) is 2. The van der Waals surface area contributed by atoms with Crippen molar-refractivity contribution in [1.82, 2.24) is 10.2 Å². The quantitative estimate of drug-likeness (QED) is 0.733. The fourth-order valence-corrected chi connectivity index (χ4v) is 2.13. The van der Waals surface area contributed by atoms with Crippen molar-refractivity contribution in [2.75, 3.05) is 5.32 Å². The molecule has 0 aliphatic rings. The molecule has 20 heavy (non-hydrogen) atoms. The standard InChI is InChI=1S/C17H17N3/c1-12-6-8-15(9-7-12)18-17-11-16(19-20-17)14-5-3-4-13(2)10-14/h3-11H,1-2H3,(H2,18,19,20). The second kappa shape index (κ2) is 5.21. The van der Waals surface area contributed by atoms with Gasteiger partial charge in [-0.15, -0.1) is 0 Å². The third-order valence-corrected chi connectivity index (χ3v) is 3.23. The van der Waals surface area contributed by atoms with Crippen LogP contribution in [0.25, 0.3) is 11.3 Å². The van der Waals surface area contributed by atoms with Crippen LogP contribution in [-0.4, -0.2) is 10.2 Å². The Hall–Kier alpha value is -2.55. The number of nitrogens with zero attached hydrogens (tertiary/aromatic N) is 1. The van der Waals surface area contributed by atoms with E-state index in [0.717, 1.165) is 22.8 Å². The van der Waals surface area contributed by atoms with Crippen LogP contribution < -0.4 is 5.32 Å². The predicted octanol–water partition coefficient (Wildman–Crippen LogP) is 4.44. The lowest BCUT2D eigenvalue weighted by Gasteiger charge is -2.02. The fourth-order valence-electron chi connectivity index (χ4n) is 2.13. The van der Waals surface area contributed by atoms with Gasteiger partial charge in [0.25, 0.3) is 0 Å². The number of hydrogen-bond acceptors (Lipinski definition) is 2. The number of rotatable bonds is 3. The number of aromatic amines is 1. The van der Waals surface area contributed by atoms with Crippen molar-refractivity contribution in [3.05, 3.63) is 65.7 Å². The molecule has 0 unspecified atom stereocenters. The van der Waals surface area contributed by atoms with E-state index in [1.807, 2.05) is 6.07 Å². The maximum atomic E-state index is 4.30. The smallest absolute Gasteiger partial charge is 0.152 e. The molecule has 0 aliphatic carbocycles. The van der Waals surface area contributed by atoms with Crippen LogP contribution in [0, 0.1) is 13.8 Å². The van der Waals surface area contributed by atoms with Crippen LogP contribution in [0.2, 0.25) is 0 Å². The van der Waals surface area contributed by atoms with Crippen molar-refractivity contribution in [2.45, 2.75) is 13.8 Å². The van der Waals surface area contributed by atoms with E-state index in [0.29, 0.717) is 0 Å². The Bertz CT molecular complexity index is 711. The molecule has 0 saturated carbocycles. The molecule has 3 aromatic rings. The highest BCUT2D eigenvalue weighted by Crippen LogP contribution is 2.22. The summed E-state index contributed by atoms with van der Waals surface area (Å²) in [7, 11) is 0. The maximum absolute atomic E-state index is 4.30. The van der Waals surface area contributed by atoms with E-state index in [-0.39, 0.29) is 0 Å². The topological polar surface area (TPSA) is 40.7 Å². The van der Waals surface area contributed by atoms with Gasteiger partial charge >= 0.3 is 0 Å². The van der Waals surface area contributed by atoms with Crippen LogP contribution in [0.15, 0.2) is 54.6 Å². The van der Waals surface area contributed by atoms with Gasteiger partial charge in [0.15, 0.2) is 5.82 Å². The highest BCUT2D eigenvalue weighted by molar-refractivity contribution is 5.66. The molecule has 3 rings (SSSR count). The van der Waals surface area contributed by atoms with Gasteiger partial charge in [-0.3, -0.25) is 5.10 Å². The molecule has 0 bridgehead atoms. The average molecular weight is 263 g/mol. The van der Waals surface area contributed by atoms with Crippen molar-refractivity contribution in [2.24, 2.45) is 0 Å². The summed E-state index contributed by atoms with van der Waals surface area (Å²) in [5, 5.41) is 10.7. The largest absolute Gasteiger partial charge is 0.339 e. The minimum atomic E-state index is 0.824. The molecular weight excluding hydrogens is 246 g/mol. The second-order valence-electron chi connectivity index (χ2n) is 5.03. The molecule has 1 heterocycles. The molecule has 2 aromatic carbocycles. The van der Waals surface area contributed by atoms with Crippen molar-refractivity contribution in [3.8, 4) is 11.3 Å². The summed E-state index contributed by atoms with van der Waals surface area (Å²) >= 11 is 0. The minimum Gasteiger partial charge on any atom is -0.339 e. The summed E-state index contributed by atoms with van der Waals surface area (Å²) in [6.07, 6.45) is 0.